The van der Waals surface area contributed by atoms with Gasteiger partial charge in [0.15, 0.2) is 5.82 Å². The third-order valence-corrected chi connectivity index (χ3v) is 4.30. The van der Waals surface area contributed by atoms with Gasteiger partial charge < -0.3 is 4.90 Å². The van der Waals surface area contributed by atoms with Crippen LogP contribution in [0, 0.1) is 0 Å². The molecule has 0 saturated heterocycles. The second-order valence-corrected chi connectivity index (χ2v) is 6.04. The van der Waals surface area contributed by atoms with Crippen molar-refractivity contribution < 1.29 is 0 Å². The van der Waals surface area contributed by atoms with E-state index in [1.807, 2.05) is 10.6 Å². The van der Waals surface area contributed by atoms with E-state index in [0.29, 0.717) is 6.54 Å². The maximum atomic E-state index is 4.81. The van der Waals surface area contributed by atoms with Crippen molar-refractivity contribution in [2.75, 3.05) is 13.1 Å². The largest absolute Gasteiger partial charge is 0.352 e. The number of hydrogen-bond acceptors (Lipinski definition) is 4. The molecule has 2 aromatic rings. The lowest BCUT2D eigenvalue weighted by molar-refractivity contribution is 0.453. The van der Waals surface area contributed by atoms with Crippen LogP contribution in [0.15, 0.2) is 46.1 Å². The Morgan fingerprint density at radius 3 is 3.00 bits per heavy atom. The second kappa shape index (κ2) is 5.11. The highest BCUT2D eigenvalue weighted by Crippen LogP contribution is 2.26. The first-order valence-corrected chi connectivity index (χ1v) is 7.76. The van der Waals surface area contributed by atoms with Gasteiger partial charge in [0.05, 0.1) is 5.69 Å². The molecule has 0 spiro atoms. The molecule has 4 rings (SSSR count). The van der Waals surface area contributed by atoms with Gasteiger partial charge in [0.25, 0.3) is 0 Å². The molecule has 21 heavy (non-hydrogen) atoms. The molecular formula is C15H14BrN5. The molecule has 2 aliphatic rings. The summed E-state index contributed by atoms with van der Waals surface area (Å²) in [5.74, 6) is 1.92. The molecule has 0 atom stereocenters. The fraction of sp³-hybridized carbons (Fsp3) is 0.267. The van der Waals surface area contributed by atoms with Crippen molar-refractivity contribution >= 4 is 21.8 Å². The van der Waals surface area contributed by atoms with Crippen molar-refractivity contribution in [2.24, 2.45) is 4.99 Å². The zero-order valence-corrected chi connectivity index (χ0v) is 13.0. The molecule has 0 aliphatic carbocycles. The van der Waals surface area contributed by atoms with E-state index in [0.717, 1.165) is 46.9 Å². The van der Waals surface area contributed by atoms with Crippen molar-refractivity contribution in [3.05, 3.63) is 52.5 Å². The second-order valence-electron chi connectivity index (χ2n) is 5.12. The highest BCUT2D eigenvalue weighted by molar-refractivity contribution is 9.10. The van der Waals surface area contributed by atoms with Crippen LogP contribution in [0.25, 0.3) is 5.69 Å². The van der Waals surface area contributed by atoms with Crippen LogP contribution in [0.4, 0.5) is 0 Å². The third kappa shape index (κ3) is 2.19. The first kappa shape index (κ1) is 12.8. The number of aliphatic imine (C=N–C) groups is 1. The topological polar surface area (TPSA) is 46.3 Å². The van der Waals surface area contributed by atoms with Gasteiger partial charge in [-0.05, 0) is 24.6 Å². The molecule has 0 bridgehead atoms. The van der Waals surface area contributed by atoms with Gasteiger partial charge in [-0.1, -0.05) is 28.1 Å². The molecular weight excluding hydrogens is 330 g/mol. The molecule has 1 aromatic carbocycles. The Morgan fingerprint density at radius 2 is 2.14 bits per heavy atom. The van der Waals surface area contributed by atoms with Crippen LogP contribution in [0.5, 0.6) is 0 Å². The summed E-state index contributed by atoms with van der Waals surface area (Å²) in [6.45, 7) is 2.47. The fourth-order valence-corrected chi connectivity index (χ4v) is 3.16. The molecule has 2 aliphatic heterocycles. The van der Waals surface area contributed by atoms with E-state index in [1.165, 1.54) is 0 Å². The number of benzene rings is 1. The number of rotatable bonds is 0. The first-order chi connectivity index (χ1) is 10.3. The molecule has 6 heteroatoms. The van der Waals surface area contributed by atoms with Gasteiger partial charge >= 0.3 is 0 Å². The summed E-state index contributed by atoms with van der Waals surface area (Å²) in [4.78, 5) is 7.13. The van der Waals surface area contributed by atoms with Crippen LogP contribution in [-0.2, 0) is 6.54 Å². The summed E-state index contributed by atoms with van der Waals surface area (Å²) in [6.07, 6.45) is 7.25. The van der Waals surface area contributed by atoms with Gasteiger partial charge in [0.1, 0.15) is 18.7 Å². The van der Waals surface area contributed by atoms with Gasteiger partial charge in [-0.25, -0.2) is 0 Å². The number of fused-ring (bicyclic) bond motifs is 3. The first-order valence-electron chi connectivity index (χ1n) is 6.96. The average molecular weight is 344 g/mol. The Labute approximate surface area is 131 Å². The predicted octanol–water partition coefficient (Wildman–Crippen LogP) is 2.55. The summed E-state index contributed by atoms with van der Waals surface area (Å²) in [5.41, 5.74) is 2.21. The fourth-order valence-electron chi connectivity index (χ4n) is 2.80. The molecule has 5 nitrogen and oxygen atoms in total. The molecule has 0 unspecified atom stereocenters. The normalized spacial score (nSPS) is 17.0. The quantitative estimate of drug-likeness (QED) is 0.690. The summed E-state index contributed by atoms with van der Waals surface area (Å²) in [6, 6.07) is 6.26. The summed E-state index contributed by atoms with van der Waals surface area (Å²) in [7, 11) is 0. The predicted molar refractivity (Wildman–Crippen MR) is 84.6 cm³/mol. The van der Waals surface area contributed by atoms with Crippen LogP contribution in [-0.4, -0.2) is 38.6 Å². The lowest BCUT2D eigenvalue weighted by Crippen LogP contribution is -2.34. The SMILES string of the molecule is Brc1ccc2c(c1)C(N1CC=CCC1)=NCc1nncn1-2. The van der Waals surface area contributed by atoms with Gasteiger partial charge in [-0.15, -0.1) is 10.2 Å². The summed E-state index contributed by atoms with van der Waals surface area (Å²) in [5, 5.41) is 8.19. The number of halogens is 1. The minimum absolute atomic E-state index is 0.557. The van der Waals surface area contributed by atoms with E-state index in [1.54, 1.807) is 6.33 Å². The smallest absolute Gasteiger partial charge is 0.159 e. The van der Waals surface area contributed by atoms with Gasteiger partial charge in [-0.2, -0.15) is 0 Å². The summed E-state index contributed by atoms with van der Waals surface area (Å²) >= 11 is 3.57. The molecule has 106 valence electrons. The Bertz CT molecular complexity index is 746. The standard InChI is InChI=1S/C15H14BrN5/c16-11-4-5-13-12(8-11)15(20-6-2-1-3-7-20)17-9-14-19-18-10-21(13)14/h1-2,4-5,8,10H,3,6-7,9H2. The maximum Gasteiger partial charge on any atom is 0.159 e. The Morgan fingerprint density at radius 1 is 1.19 bits per heavy atom. The Hall–Kier alpha value is -1.95. The minimum Gasteiger partial charge on any atom is -0.352 e. The molecule has 0 N–H and O–H groups in total. The third-order valence-electron chi connectivity index (χ3n) is 3.81. The number of aromatic nitrogens is 3. The van der Waals surface area contributed by atoms with Crippen LogP contribution in [0.3, 0.4) is 0 Å². The Kier molecular flexibility index (Phi) is 3.11. The van der Waals surface area contributed by atoms with Gasteiger partial charge in [0.2, 0.25) is 0 Å². The zero-order chi connectivity index (χ0) is 14.2. The van der Waals surface area contributed by atoms with Crippen molar-refractivity contribution in [3.8, 4) is 5.69 Å². The van der Waals surface area contributed by atoms with E-state index in [2.05, 4.69) is 55.3 Å². The van der Waals surface area contributed by atoms with E-state index < -0.39 is 0 Å². The molecule has 3 heterocycles. The van der Waals surface area contributed by atoms with E-state index >= 15 is 0 Å². The van der Waals surface area contributed by atoms with Crippen molar-refractivity contribution in [1.29, 1.82) is 0 Å². The summed E-state index contributed by atoms with van der Waals surface area (Å²) < 4.78 is 3.08. The Balaban J connectivity index is 1.88. The van der Waals surface area contributed by atoms with Crippen molar-refractivity contribution in [3.63, 3.8) is 0 Å². The molecule has 0 fully saturated rings. The number of hydrogen-bond donors (Lipinski definition) is 0. The van der Waals surface area contributed by atoms with Crippen LogP contribution >= 0.6 is 15.9 Å². The lowest BCUT2D eigenvalue weighted by Gasteiger charge is -2.27. The van der Waals surface area contributed by atoms with E-state index in [-0.39, 0.29) is 0 Å². The van der Waals surface area contributed by atoms with Gasteiger partial charge in [-0.3, -0.25) is 9.56 Å². The van der Waals surface area contributed by atoms with Crippen molar-refractivity contribution in [1.82, 2.24) is 19.7 Å². The van der Waals surface area contributed by atoms with Crippen LogP contribution < -0.4 is 0 Å². The highest BCUT2D eigenvalue weighted by atomic mass is 79.9. The molecule has 1 aromatic heterocycles. The highest BCUT2D eigenvalue weighted by Gasteiger charge is 2.22. The minimum atomic E-state index is 0.557. The number of nitrogens with zero attached hydrogens (tertiary/aromatic N) is 5. The monoisotopic (exact) mass is 343 g/mol. The van der Waals surface area contributed by atoms with Crippen LogP contribution in [0.2, 0.25) is 0 Å². The molecule has 0 amide bonds. The van der Waals surface area contributed by atoms with Gasteiger partial charge in [0, 0.05) is 23.1 Å². The maximum absolute atomic E-state index is 4.81. The number of amidine groups is 1. The van der Waals surface area contributed by atoms with Crippen LogP contribution in [0.1, 0.15) is 17.8 Å². The zero-order valence-electron chi connectivity index (χ0n) is 11.4. The lowest BCUT2D eigenvalue weighted by atomic mass is 10.1. The molecule has 0 saturated carbocycles. The van der Waals surface area contributed by atoms with Crippen molar-refractivity contribution in [2.45, 2.75) is 13.0 Å². The van der Waals surface area contributed by atoms with E-state index in [4.69, 9.17) is 4.99 Å². The van der Waals surface area contributed by atoms with E-state index in [9.17, 15) is 0 Å². The average Bonchev–Trinajstić information content (AvgIpc) is 2.92. The molecule has 0 radical (unpaired) electrons.